The number of hydrogen-bond donors (Lipinski definition) is 1. The van der Waals surface area contributed by atoms with Gasteiger partial charge >= 0.3 is 24.2 Å². The lowest BCUT2D eigenvalue weighted by Gasteiger charge is -2.31. The van der Waals surface area contributed by atoms with Gasteiger partial charge in [0.05, 0.1) is 39.7 Å². The molecule has 3 aromatic carbocycles. The molecule has 1 N–H and O–H groups in total. The summed E-state index contributed by atoms with van der Waals surface area (Å²) in [6.07, 6.45) is -18.9. The Morgan fingerprint density at radius 1 is 0.805 bits per heavy atom. The summed E-state index contributed by atoms with van der Waals surface area (Å²) in [7, 11) is 0. The van der Waals surface area contributed by atoms with Crippen LogP contribution in [0.1, 0.15) is 31.8 Å². The zero-order chi connectivity index (χ0) is 31.1. The van der Waals surface area contributed by atoms with Crippen LogP contribution in [0.15, 0.2) is 65.1 Å². The predicted molar refractivity (Wildman–Crippen MR) is 136 cm³/mol. The minimum absolute atomic E-state index is 0.0183. The van der Waals surface area contributed by atoms with E-state index in [1.165, 1.54) is 12.1 Å². The van der Waals surface area contributed by atoms with Crippen molar-refractivity contribution in [3.63, 3.8) is 0 Å². The van der Waals surface area contributed by atoms with E-state index in [0.717, 1.165) is 53.2 Å². The number of benzene rings is 3. The van der Waals surface area contributed by atoms with Crippen LogP contribution >= 0.6 is 38.8 Å². The van der Waals surface area contributed by atoms with E-state index in [2.05, 4.69) is 21.2 Å². The van der Waals surface area contributed by atoms with Crippen LogP contribution in [-0.2, 0) is 11.8 Å². The topological polar surface area (TPSA) is 49.4 Å². The van der Waals surface area contributed by atoms with Gasteiger partial charge in [-0.15, -0.1) is 0 Å². The number of carbonyl (C=O) groups is 2. The average molecular weight is 775 g/mol. The van der Waals surface area contributed by atoms with Gasteiger partial charge in [0.1, 0.15) is 5.82 Å². The number of rotatable bonds is 5. The van der Waals surface area contributed by atoms with E-state index in [9.17, 15) is 57.9 Å². The number of carbonyl (C=O) groups excluding carboxylic acids is 2. The molecular weight excluding hydrogens is 764 g/mol. The second kappa shape index (κ2) is 11.4. The molecule has 0 aliphatic carbocycles. The van der Waals surface area contributed by atoms with Gasteiger partial charge in [0.15, 0.2) is 0 Å². The third-order valence-electron chi connectivity index (χ3n) is 5.41. The molecule has 2 amide bonds. The molecule has 220 valence electrons. The highest BCUT2D eigenvalue weighted by Crippen LogP contribution is 2.54. The molecule has 0 unspecified atom stereocenters. The molecule has 0 atom stereocenters. The molecule has 17 heteroatoms. The molecule has 0 saturated heterocycles. The van der Waals surface area contributed by atoms with E-state index >= 15 is 0 Å². The molecule has 41 heavy (non-hydrogen) atoms. The van der Waals surface area contributed by atoms with E-state index in [1.54, 1.807) is 0 Å². The van der Waals surface area contributed by atoms with Crippen molar-refractivity contribution in [2.24, 2.45) is 0 Å². The normalized spacial score (nSPS) is 12.7. The summed E-state index contributed by atoms with van der Waals surface area (Å²) in [4.78, 5) is 25.5. The van der Waals surface area contributed by atoms with Crippen LogP contribution in [0.3, 0.4) is 0 Å². The van der Waals surface area contributed by atoms with Crippen molar-refractivity contribution < 1.29 is 57.9 Å². The molecule has 3 aromatic rings. The molecule has 4 nitrogen and oxygen atoms in total. The minimum atomic E-state index is -6.66. The summed E-state index contributed by atoms with van der Waals surface area (Å²) in [5, 5.41) is 2.38. The Kier molecular flexibility index (Phi) is 9.03. The molecule has 0 bridgehead atoms. The lowest BCUT2D eigenvalue weighted by Crippen LogP contribution is -2.50. The van der Waals surface area contributed by atoms with Gasteiger partial charge in [-0.1, -0.05) is 12.1 Å². The second-order valence-corrected chi connectivity index (χ2v) is 9.95. The molecule has 0 heterocycles. The van der Waals surface area contributed by atoms with Gasteiger partial charge < -0.3 is 5.32 Å². The summed E-state index contributed by atoms with van der Waals surface area (Å²) in [5.74, 6) is -2.66. The Balaban J connectivity index is 2.00. The van der Waals surface area contributed by atoms with E-state index in [-0.39, 0.29) is 36.5 Å². The van der Waals surface area contributed by atoms with E-state index < -0.39 is 64.7 Å². The number of amides is 2. The van der Waals surface area contributed by atoms with Crippen LogP contribution in [-0.4, -0.2) is 24.2 Å². The average Bonchev–Trinajstić information content (AvgIpc) is 2.85. The Hall–Kier alpha value is -2.96. The van der Waals surface area contributed by atoms with Crippen LogP contribution in [0, 0.1) is 5.82 Å². The summed E-state index contributed by atoms with van der Waals surface area (Å²) in [6, 6.07) is 7.04. The Morgan fingerprint density at radius 2 is 1.41 bits per heavy atom. The van der Waals surface area contributed by atoms with Gasteiger partial charge in [-0.3, -0.25) is 9.59 Å². The number of nitrogens with one attached hydrogen (secondary N) is 1. The summed E-state index contributed by atoms with van der Waals surface area (Å²) >= 11 is 4.04. The number of halogens is 13. The highest BCUT2D eigenvalue weighted by Gasteiger charge is 2.73. The molecular formula is C24H11BrF11IN2O2. The molecule has 3 rings (SSSR count). The van der Waals surface area contributed by atoms with Gasteiger partial charge in [-0.25, -0.2) is 11.9 Å². The maximum Gasteiger partial charge on any atom is 0.435 e. The third kappa shape index (κ3) is 6.60. The zero-order valence-electron chi connectivity index (χ0n) is 19.5. The molecule has 0 aliphatic rings. The standard InChI is InChI=1S/C24H11BrF11IN2O2/c25-17-10-13(26)5-6-15(17)19(40)38-14-3-1-2-11(8-14)20(41)39(37)18-7-4-12(9-16(18)22(28,29)30)21(27,23(31,32)33)24(34,35)36/h1-10H,(H,38,40). The highest BCUT2D eigenvalue weighted by atomic mass is 127. The largest absolute Gasteiger partial charge is 0.435 e. The number of hydrogen-bond acceptors (Lipinski definition) is 2. The fourth-order valence-corrected chi connectivity index (χ4v) is 4.69. The highest BCUT2D eigenvalue weighted by molar-refractivity contribution is 14.1. The van der Waals surface area contributed by atoms with Crippen molar-refractivity contribution >= 4 is 62.0 Å². The Morgan fingerprint density at radius 3 is 1.95 bits per heavy atom. The van der Waals surface area contributed by atoms with Crippen molar-refractivity contribution in [3.8, 4) is 0 Å². The van der Waals surface area contributed by atoms with Gasteiger partial charge in [-0.2, -0.15) is 39.5 Å². The van der Waals surface area contributed by atoms with Crippen LogP contribution in [0.2, 0.25) is 0 Å². The zero-order valence-corrected chi connectivity index (χ0v) is 23.2. The first-order valence-electron chi connectivity index (χ1n) is 10.6. The van der Waals surface area contributed by atoms with Gasteiger partial charge in [-0.05, 0) is 64.5 Å². The predicted octanol–water partition coefficient (Wildman–Crippen LogP) is 9.15. The molecule has 0 radical (unpaired) electrons. The van der Waals surface area contributed by atoms with E-state index in [4.69, 9.17) is 0 Å². The summed E-state index contributed by atoms with van der Waals surface area (Å²) in [6.45, 7) is 0. The third-order valence-corrected chi connectivity index (χ3v) is 7.03. The summed E-state index contributed by atoms with van der Waals surface area (Å²) in [5.41, 5.74) is -12.3. The van der Waals surface area contributed by atoms with Crippen molar-refractivity contribution in [1.29, 1.82) is 0 Å². The quantitative estimate of drug-likeness (QED) is 0.160. The van der Waals surface area contributed by atoms with Gasteiger partial charge in [0, 0.05) is 21.3 Å². The van der Waals surface area contributed by atoms with Crippen LogP contribution in [0.4, 0.5) is 59.7 Å². The van der Waals surface area contributed by atoms with Gasteiger partial charge in [0.2, 0.25) is 0 Å². The van der Waals surface area contributed by atoms with Crippen molar-refractivity contribution in [2.75, 3.05) is 8.43 Å². The van der Waals surface area contributed by atoms with Crippen LogP contribution < -0.4 is 8.43 Å². The molecule has 0 spiro atoms. The van der Waals surface area contributed by atoms with Crippen LogP contribution in [0.5, 0.6) is 0 Å². The monoisotopic (exact) mass is 774 g/mol. The fourth-order valence-electron chi connectivity index (χ4n) is 3.46. The maximum atomic E-state index is 14.4. The fraction of sp³-hybridized carbons (Fsp3) is 0.167. The van der Waals surface area contributed by atoms with Gasteiger partial charge in [0.25, 0.3) is 11.8 Å². The number of nitrogens with zero attached hydrogens (tertiary/aromatic N) is 1. The first-order chi connectivity index (χ1) is 18.7. The molecule has 0 aliphatic heterocycles. The molecule has 0 fully saturated rings. The first-order valence-corrected chi connectivity index (χ1v) is 12.3. The number of anilines is 2. The van der Waals surface area contributed by atoms with Crippen molar-refractivity contribution in [3.05, 3.63) is 93.2 Å². The van der Waals surface area contributed by atoms with E-state index in [0.29, 0.717) is 0 Å². The Labute approximate surface area is 245 Å². The molecule has 0 saturated carbocycles. The van der Waals surface area contributed by atoms with E-state index in [1.807, 2.05) is 0 Å². The van der Waals surface area contributed by atoms with Crippen molar-refractivity contribution in [1.82, 2.24) is 0 Å². The lowest BCUT2D eigenvalue weighted by atomic mass is 9.92. The second-order valence-electron chi connectivity index (χ2n) is 8.13. The Bertz CT molecular complexity index is 1480. The van der Waals surface area contributed by atoms with Crippen LogP contribution in [0.25, 0.3) is 0 Å². The van der Waals surface area contributed by atoms with Crippen molar-refractivity contribution in [2.45, 2.75) is 24.2 Å². The first kappa shape index (κ1) is 32.6. The smallest absolute Gasteiger partial charge is 0.322 e. The maximum absolute atomic E-state index is 14.4. The lowest BCUT2D eigenvalue weighted by molar-refractivity contribution is -0.348. The number of alkyl halides is 10. The summed E-state index contributed by atoms with van der Waals surface area (Å²) < 4.78 is 148. The minimum Gasteiger partial charge on any atom is -0.322 e. The molecule has 0 aromatic heterocycles. The SMILES string of the molecule is O=C(Nc1cccc(C(=O)N(I)c2ccc(C(F)(C(F)(F)F)C(F)(F)F)cc2C(F)(F)F)c1)c1ccc(F)cc1Br.